The van der Waals surface area contributed by atoms with E-state index in [0.717, 1.165) is 29.7 Å². The summed E-state index contributed by atoms with van der Waals surface area (Å²) in [5.41, 5.74) is 3.36. The molecule has 142 valence electrons. The Balaban J connectivity index is 1.55. The van der Waals surface area contributed by atoms with Crippen molar-refractivity contribution in [2.24, 2.45) is 0 Å². The molecule has 1 N–H and O–H groups in total. The topological polar surface area (TPSA) is 62.8 Å². The van der Waals surface area contributed by atoms with E-state index in [-0.39, 0.29) is 5.63 Å². The van der Waals surface area contributed by atoms with E-state index in [1.54, 1.807) is 4.52 Å². The SMILES string of the molecule is CC1CN(c2ccc3cc(-c4cc5ccccn5n4)c(=O)oc3c2)CC(C)N1. The van der Waals surface area contributed by atoms with Gasteiger partial charge < -0.3 is 14.6 Å². The zero-order valence-corrected chi connectivity index (χ0v) is 15.9. The van der Waals surface area contributed by atoms with Crippen LogP contribution in [-0.2, 0) is 0 Å². The standard InChI is InChI=1S/C22H22N4O2/c1-14-12-25(13-15(2)23-14)17-7-6-16-9-19(22(27)28-21(16)11-17)20-10-18-5-3-4-8-26(18)24-20/h3-11,14-15,23H,12-13H2,1-2H3. The average molecular weight is 374 g/mol. The first-order chi connectivity index (χ1) is 13.6. The number of fused-ring (bicyclic) bond motifs is 2. The number of hydrogen-bond donors (Lipinski definition) is 1. The third kappa shape index (κ3) is 2.96. The van der Waals surface area contributed by atoms with Crippen molar-refractivity contribution < 1.29 is 4.42 Å². The molecule has 1 aliphatic rings. The van der Waals surface area contributed by atoms with Gasteiger partial charge >= 0.3 is 5.63 Å². The first-order valence-electron chi connectivity index (χ1n) is 9.60. The summed E-state index contributed by atoms with van der Waals surface area (Å²) < 4.78 is 7.44. The Morgan fingerprint density at radius 1 is 1.07 bits per heavy atom. The molecule has 4 heterocycles. The smallest absolute Gasteiger partial charge is 0.345 e. The molecule has 2 unspecified atom stereocenters. The summed E-state index contributed by atoms with van der Waals surface area (Å²) in [6.45, 7) is 6.23. The second-order valence-electron chi connectivity index (χ2n) is 7.64. The van der Waals surface area contributed by atoms with Gasteiger partial charge in [0.15, 0.2) is 0 Å². The zero-order chi connectivity index (χ0) is 19.3. The fourth-order valence-corrected chi connectivity index (χ4v) is 4.08. The maximum atomic E-state index is 12.7. The van der Waals surface area contributed by atoms with Crippen LogP contribution in [0.3, 0.4) is 0 Å². The fourth-order valence-electron chi connectivity index (χ4n) is 4.08. The predicted octanol–water partition coefficient (Wildman–Crippen LogP) is 3.29. The van der Waals surface area contributed by atoms with Crippen molar-refractivity contribution in [3.8, 4) is 11.3 Å². The van der Waals surface area contributed by atoms with Crippen LogP contribution >= 0.6 is 0 Å². The second-order valence-corrected chi connectivity index (χ2v) is 7.64. The van der Waals surface area contributed by atoms with E-state index in [0.29, 0.717) is 28.9 Å². The molecular formula is C22H22N4O2. The summed E-state index contributed by atoms with van der Waals surface area (Å²) in [6, 6.07) is 16.5. The van der Waals surface area contributed by atoms with Crippen LogP contribution in [0.5, 0.6) is 0 Å². The number of aromatic nitrogens is 2. The van der Waals surface area contributed by atoms with Crippen molar-refractivity contribution in [2.75, 3.05) is 18.0 Å². The molecule has 0 amide bonds. The average Bonchev–Trinajstić information content (AvgIpc) is 3.10. The van der Waals surface area contributed by atoms with Gasteiger partial charge in [-0.25, -0.2) is 9.31 Å². The van der Waals surface area contributed by atoms with Gasteiger partial charge in [-0.3, -0.25) is 0 Å². The lowest BCUT2D eigenvalue weighted by molar-refractivity contribution is 0.407. The molecule has 0 spiro atoms. The van der Waals surface area contributed by atoms with E-state index in [1.165, 1.54) is 0 Å². The number of pyridine rings is 1. The minimum absolute atomic E-state index is 0.366. The normalized spacial score (nSPS) is 20.1. The van der Waals surface area contributed by atoms with Crippen LogP contribution in [0.15, 0.2) is 63.9 Å². The summed E-state index contributed by atoms with van der Waals surface area (Å²) in [5, 5.41) is 8.93. The van der Waals surface area contributed by atoms with Crippen LogP contribution in [0.2, 0.25) is 0 Å². The van der Waals surface area contributed by atoms with Gasteiger partial charge in [-0.05, 0) is 50.2 Å². The third-order valence-electron chi connectivity index (χ3n) is 5.29. The lowest BCUT2D eigenvalue weighted by Gasteiger charge is -2.37. The number of benzene rings is 1. The quantitative estimate of drug-likeness (QED) is 0.546. The van der Waals surface area contributed by atoms with Gasteiger partial charge in [0.05, 0.1) is 11.1 Å². The molecule has 4 aromatic rings. The van der Waals surface area contributed by atoms with Crippen molar-refractivity contribution in [3.63, 3.8) is 0 Å². The summed E-state index contributed by atoms with van der Waals surface area (Å²) in [5.74, 6) is 0. The number of nitrogens with one attached hydrogen (secondary N) is 1. The van der Waals surface area contributed by atoms with Gasteiger partial charge in [-0.1, -0.05) is 6.07 Å². The Kier molecular flexibility index (Phi) is 3.94. The lowest BCUT2D eigenvalue weighted by Crippen LogP contribution is -2.54. The highest BCUT2D eigenvalue weighted by Crippen LogP contribution is 2.26. The molecule has 1 saturated heterocycles. The summed E-state index contributed by atoms with van der Waals surface area (Å²) >= 11 is 0. The number of anilines is 1. The Bertz CT molecular complexity index is 1180. The molecule has 0 bridgehead atoms. The van der Waals surface area contributed by atoms with Gasteiger partial charge in [0.25, 0.3) is 0 Å². The van der Waals surface area contributed by atoms with Crippen LogP contribution in [0, 0.1) is 0 Å². The maximum absolute atomic E-state index is 12.7. The molecule has 0 radical (unpaired) electrons. The maximum Gasteiger partial charge on any atom is 0.345 e. The number of piperazine rings is 1. The molecule has 2 atom stereocenters. The molecule has 6 heteroatoms. The van der Waals surface area contributed by atoms with Crippen LogP contribution in [0.4, 0.5) is 5.69 Å². The van der Waals surface area contributed by atoms with Gasteiger partial charge in [-0.2, -0.15) is 5.10 Å². The van der Waals surface area contributed by atoms with E-state index in [2.05, 4.69) is 35.2 Å². The molecule has 6 nitrogen and oxygen atoms in total. The van der Waals surface area contributed by atoms with Crippen molar-refractivity contribution in [2.45, 2.75) is 25.9 Å². The molecular weight excluding hydrogens is 352 g/mol. The van der Waals surface area contributed by atoms with E-state index in [9.17, 15) is 4.79 Å². The first kappa shape index (κ1) is 17.0. The summed E-state index contributed by atoms with van der Waals surface area (Å²) in [4.78, 5) is 15.0. The van der Waals surface area contributed by atoms with Crippen LogP contribution in [0.1, 0.15) is 13.8 Å². The monoisotopic (exact) mass is 374 g/mol. The lowest BCUT2D eigenvalue weighted by atomic mass is 10.1. The number of nitrogens with zero attached hydrogens (tertiary/aromatic N) is 3. The van der Waals surface area contributed by atoms with Crippen LogP contribution in [0.25, 0.3) is 27.7 Å². The highest BCUT2D eigenvalue weighted by Gasteiger charge is 2.21. The largest absolute Gasteiger partial charge is 0.422 e. The zero-order valence-electron chi connectivity index (χ0n) is 15.9. The number of hydrogen-bond acceptors (Lipinski definition) is 5. The molecule has 1 fully saturated rings. The molecule has 3 aromatic heterocycles. The Hall–Kier alpha value is -3.12. The molecule has 1 aromatic carbocycles. The van der Waals surface area contributed by atoms with Crippen molar-refractivity contribution in [3.05, 3.63) is 65.1 Å². The highest BCUT2D eigenvalue weighted by molar-refractivity contribution is 5.84. The van der Waals surface area contributed by atoms with E-state index in [4.69, 9.17) is 4.42 Å². The van der Waals surface area contributed by atoms with E-state index < -0.39 is 0 Å². The van der Waals surface area contributed by atoms with Gasteiger partial charge in [-0.15, -0.1) is 0 Å². The van der Waals surface area contributed by atoms with E-state index in [1.807, 2.05) is 48.7 Å². The van der Waals surface area contributed by atoms with Crippen LogP contribution in [-0.4, -0.2) is 34.8 Å². The van der Waals surface area contributed by atoms with Crippen molar-refractivity contribution >= 4 is 22.2 Å². The minimum atomic E-state index is -0.366. The Morgan fingerprint density at radius 2 is 1.89 bits per heavy atom. The first-order valence-corrected chi connectivity index (χ1v) is 9.60. The molecule has 28 heavy (non-hydrogen) atoms. The van der Waals surface area contributed by atoms with Gasteiger partial charge in [0.2, 0.25) is 0 Å². The third-order valence-corrected chi connectivity index (χ3v) is 5.29. The summed E-state index contributed by atoms with van der Waals surface area (Å²) in [7, 11) is 0. The predicted molar refractivity (Wildman–Crippen MR) is 111 cm³/mol. The van der Waals surface area contributed by atoms with E-state index >= 15 is 0 Å². The van der Waals surface area contributed by atoms with Gasteiger partial charge in [0.1, 0.15) is 11.3 Å². The van der Waals surface area contributed by atoms with Crippen molar-refractivity contribution in [1.29, 1.82) is 0 Å². The van der Waals surface area contributed by atoms with Crippen LogP contribution < -0.4 is 15.8 Å². The van der Waals surface area contributed by atoms with Gasteiger partial charge in [0, 0.05) is 48.5 Å². The Labute approximate surface area is 162 Å². The fraction of sp³-hybridized carbons (Fsp3) is 0.273. The molecule has 0 saturated carbocycles. The van der Waals surface area contributed by atoms with Crippen molar-refractivity contribution in [1.82, 2.24) is 14.9 Å². The highest BCUT2D eigenvalue weighted by atomic mass is 16.4. The molecule has 5 rings (SSSR count). The molecule has 1 aliphatic heterocycles. The minimum Gasteiger partial charge on any atom is -0.422 e. The number of rotatable bonds is 2. The molecule has 0 aliphatic carbocycles. The summed E-state index contributed by atoms with van der Waals surface area (Å²) in [6.07, 6.45) is 1.86. The Morgan fingerprint density at radius 3 is 2.68 bits per heavy atom. The second kappa shape index (κ2) is 6.49.